The summed E-state index contributed by atoms with van der Waals surface area (Å²) in [5, 5.41) is 9.11. The first-order chi connectivity index (χ1) is 9.97. The molecule has 0 aliphatic rings. The van der Waals surface area contributed by atoms with Gasteiger partial charge in [-0.25, -0.2) is 9.18 Å². The summed E-state index contributed by atoms with van der Waals surface area (Å²) in [6, 6.07) is 9.51. The molecule has 0 fully saturated rings. The SMILES string of the molecule is Cc1cccc(Oc2ccc(Cl)cc2/C=C/C(=O)O)c1F. The molecule has 1 N–H and O–H groups in total. The van der Waals surface area contributed by atoms with Crippen LogP contribution in [0.25, 0.3) is 6.08 Å². The Balaban J connectivity index is 2.39. The number of halogens is 2. The number of aliphatic carboxylic acids is 1. The molecule has 0 aromatic heterocycles. The lowest BCUT2D eigenvalue weighted by atomic mass is 10.1. The maximum absolute atomic E-state index is 13.9. The van der Waals surface area contributed by atoms with Gasteiger partial charge in [0.05, 0.1) is 0 Å². The number of benzene rings is 2. The van der Waals surface area contributed by atoms with E-state index in [1.807, 2.05) is 0 Å². The standard InChI is InChI=1S/C16H12ClFO3/c1-10-3-2-4-14(16(10)18)21-13-7-6-12(17)9-11(13)5-8-15(19)20/h2-9H,1H3,(H,19,20)/b8-5+. The molecule has 3 nitrogen and oxygen atoms in total. The number of aryl methyl sites for hydroxylation is 1. The van der Waals surface area contributed by atoms with Crippen LogP contribution in [0.2, 0.25) is 5.02 Å². The zero-order chi connectivity index (χ0) is 15.4. The van der Waals surface area contributed by atoms with Gasteiger partial charge in [0, 0.05) is 16.7 Å². The molecule has 0 bridgehead atoms. The Morgan fingerprint density at radius 3 is 2.76 bits per heavy atom. The molecule has 21 heavy (non-hydrogen) atoms. The van der Waals surface area contributed by atoms with Gasteiger partial charge in [0.2, 0.25) is 0 Å². The monoisotopic (exact) mass is 306 g/mol. The zero-order valence-corrected chi connectivity index (χ0v) is 11.9. The third-order valence-corrected chi connectivity index (χ3v) is 2.99. The lowest BCUT2D eigenvalue weighted by molar-refractivity contribution is -0.131. The number of hydrogen-bond donors (Lipinski definition) is 1. The van der Waals surface area contributed by atoms with Crippen molar-refractivity contribution >= 4 is 23.6 Å². The molecule has 0 aliphatic heterocycles. The highest BCUT2D eigenvalue weighted by molar-refractivity contribution is 6.30. The molecule has 0 aliphatic carbocycles. The lowest BCUT2D eigenvalue weighted by Crippen LogP contribution is -1.93. The third kappa shape index (κ3) is 3.83. The van der Waals surface area contributed by atoms with E-state index in [0.29, 0.717) is 21.9 Å². The van der Waals surface area contributed by atoms with Crippen LogP contribution in [0.4, 0.5) is 4.39 Å². The van der Waals surface area contributed by atoms with Crippen molar-refractivity contribution in [3.63, 3.8) is 0 Å². The van der Waals surface area contributed by atoms with Gasteiger partial charge in [0.1, 0.15) is 5.75 Å². The van der Waals surface area contributed by atoms with E-state index in [2.05, 4.69) is 0 Å². The number of ether oxygens (including phenoxy) is 1. The minimum Gasteiger partial charge on any atom is -0.478 e. The maximum Gasteiger partial charge on any atom is 0.328 e. The van der Waals surface area contributed by atoms with Crippen LogP contribution in [0.1, 0.15) is 11.1 Å². The number of hydrogen-bond acceptors (Lipinski definition) is 2. The highest BCUT2D eigenvalue weighted by atomic mass is 35.5. The Morgan fingerprint density at radius 2 is 2.05 bits per heavy atom. The lowest BCUT2D eigenvalue weighted by Gasteiger charge is -2.11. The first-order valence-electron chi connectivity index (χ1n) is 6.11. The van der Waals surface area contributed by atoms with E-state index >= 15 is 0 Å². The topological polar surface area (TPSA) is 46.5 Å². The summed E-state index contributed by atoms with van der Waals surface area (Å²) in [4.78, 5) is 10.6. The molecule has 2 aromatic rings. The molecule has 0 heterocycles. The van der Waals surface area contributed by atoms with Gasteiger partial charge in [-0.05, 0) is 42.8 Å². The van der Waals surface area contributed by atoms with Gasteiger partial charge in [0.15, 0.2) is 11.6 Å². The minimum absolute atomic E-state index is 0.0716. The molecule has 0 radical (unpaired) electrons. The summed E-state index contributed by atoms with van der Waals surface area (Å²) in [5.41, 5.74) is 0.912. The molecule has 0 saturated carbocycles. The van der Waals surface area contributed by atoms with Crippen molar-refractivity contribution < 1.29 is 19.0 Å². The van der Waals surface area contributed by atoms with Gasteiger partial charge >= 0.3 is 5.97 Å². The number of carbonyl (C=O) groups is 1. The summed E-state index contributed by atoms with van der Waals surface area (Å²) in [6.07, 6.45) is 2.31. The third-order valence-electron chi connectivity index (χ3n) is 2.75. The van der Waals surface area contributed by atoms with E-state index in [1.165, 1.54) is 12.1 Å². The van der Waals surface area contributed by atoms with Crippen LogP contribution in [0.15, 0.2) is 42.5 Å². The number of carboxylic acids is 1. The normalized spacial score (nSPS) is 10.8. The van der Waals surface area contributed by atoms with Crippen LogP contribution < -0.4 is 4.74 Å². The second-order valence-electron chi connectivity index (χ2n) is 4.34. The molecule has 0 atom stereocenters. The summed E-state index contributed by atoms with van der Waals surface area (Å²) >= 11 is 5.88. The molecule has 5 heteroatoms. The van der Waals surface area contributed by atoms with E-state index < -0.39 is 11.8 Å². The van der Waals surface area contributed by atoms with Crippen molar-refractivity contribution in [2.75, 3.05) is 0 Å². The van der Waals surface area contributed by atoms with Crippen LogP contribution in [0.3, 0.4) is 0 Å². The maximum atomic E-state index is 13.9. The highest BCUT2D eigenvalue weighted by Crippen LogP contribution is 2.31. The van der Waals surface area contributed by atoms with Gasteiger partial charge < -0.3 is 9.84 Å². The van der Waals surface area contributed by atoms with E-state index in [0.717, 1.165) is 6.08 Å². The largest absolute Gasteiger partial charge is 0.478 e. The Labute approximate surface area is 126 Å². The molecule has 0 unspecified atom stereocenters. The fraction of sp³-hybridized carbons (Fsp3) is 0.0625. The van der Waals surface area contributed by atoms with Gasteiger partial charge in [-0.15, -0.1) is 0 Å². The van der Waals surface area contributed by atoms with Crippen molar-refractivity contribution in [1.29, 1.82) is 0 Å². The van der Waals surface area contributed by atoms with Gasteiger partial charge in [-0.2, -0.15) is 0 Å². The van der Waals surface area contributed by atoms with Crippen molar-refractivity contribution in [3.05, 3.63) is 64.4 Å². The average Bonchev–Trinajstić information content (AvgIpc) is 2.43. The Morgan fingerprint density at radius 1 is 1.29 bits per heavy atom. The Bertz CT molecular complexity index is 711. The van der Waals surface area contributed by atoms with E-state index in [-0.39, 0.29) is 5.75 Å². The quantitative estimate of drug-likeness (QED) is 0.834. The predicted molar refractivity (Wildman–Crippen MR) is 79.3 cm³/mol. The second kappa shape index (κ2) is 6.41. The van der Waals surface area contributed by atoms with Gasteiger partial charge in [0.25, 0.3) is 0 Å². The molecule has 0 spiro atoms. The van der Waals surface area contributed by atoms with Crippen molar-refractivity contribution in [1.82, 2.24) is 0 Å². The van der Waals surface area contributed by atoms with Gasteiger partial charge in [-0.3, -0.25) is 0 Å². The molecule has 2 aromatic carbocycles. The molecule has 0 amide bonds. The summed E-state index contributed by atoms with van der Waals surface area (Å²) in [5.74, 6) is -1.16. The van der Waals surface area contributed by atoms with Crippen molar-refractivity contribution in [2.24, 2.45) is 0 Å². The number of rotatable bonds is 4. The van der Waals surface area contributed by atoms with Crippen LogP contribution in [0.5, 0.6) is 11.5 Å². The number of carboxylic acid groups (broad SMARTS) is 1. The van der Waals surface area contributed by atoms with E-state index in [4.69, 9.17) is 21.4 Å². The summed E-state index contributed by atoms with van der Waals surface area (Å²) < 4.78 is 19.5. The van der Waals surface area contributed by atoms with E-state index in [1.54, 1.807) is 37.3 Å². The molecule has 0 saturated heterocycles. The van der Waals surface area contributed by atoms with Crippen LogP contribution >= 0.6 is 11.6 Å². The van der Waals surface area contributed by atoms with E-state index in [9.17, 15) is 9.18 Å². The van der Waals surface area contributed by atoms with Crippen LogP contribution in [-0.2, 0) is 4.79 Å². The van der Waals surface area contributed by atoms with Crippen molar-refractivity contribution in [3.8, 4) is 11.5 Å². The molecule has 108 valence electrons. The fourth-order valence-electron chi connectivity index (χ4n) is 1.72. The first-order valence-corrected chi connectivity index (χ1v) is 6.48. The molecular formula is C16H12ClFO3. The fourth-order valence-corrected chi connectivity index (χ4v) is 1.90. The Hall–Kier alpha value is -2.33. The Kier molecular flexibility index (Phi) is 4.60. The van der Waals surface area contributed by atoms with Gasteiger partial charge in [-0.1, -0.05) is 23.7 Å². The highest BCUT2D eigenvalue weighted by Gasteiger charge is 2.10. The second-order valence-corrected chi connectivity index (χ2v) is 4.78. The van der Waals surface area contributed by atoms with Crippen LogP contribution in [-0.4, -0.2) is 11.1 Å². The van der Waals surface area contributed by atoms with Crippen molar-refractivity contribution in [2.45, 2.75) is 6.92 Å². The summed E-state index contributed by atoms with van der Waals surface area (Å²) in [6.45, 7) is 1.63. The predicted octanol–water partition coefficient (Wildman–Crippen LogP) is 4.68. The first kappa shape index (κ1) is 15.1. The smallest absolute Gasteiger partial charge is 0.328 e. The molecule has 2 rings (SSSR count). The molecular weight excluding hydrogens is 295 g/mol. The minimum atomic E-state index is -1.09. The summed E-state index contributed by atoms with van der Waals surface area (Å²) in [7, 11) is 0. The average molecular weight is 307 g/mol. The zero-order valence-electron chi connectivity index (χ0n) is 11.1. The van der Waals surface area contributed by atoms with Crippen LogP contribution in [0, 0.1) is 12.7 Å².